The lowest BCUT2D eigenvalue weighted by molar-refractivity contribution is -0.0241. The van der Waals surface area contributed by atoms with E-state index in [0.717, 1.165) is 49.0 Å². The van der Waals surface area contributed by atoms with Gasteiger partial charge in [-0.15, -0.1) is 0 Å². The summed E-state index contributed by atoms with van der Waals surface area (Å²) >= 11 is 0. The Kier molecular flexibility index (Phi) is 3.68. The summed E-state index contributed by atoms with van der Waals surface area (Å²) in [6.45, 7) is 5.83. The maximum atomic E-state index is 5.90. The second-order valence-electron chi connectivity index (χ2n) is 6.34. The minimum atomic E-state index is 0.240. The molecule has 4 rings (SSSR count). The molecule has 1 aliphatic heterocycles. The average Bonchev–Trinajstić information content (AvgIpc) is 3.38. The van der Waals surface area contributed by atoms with Gasteiger partial charge in [0.1, 0.15) is 12.1 Å². The van der Waals surface area contributed by atoms with E-state index < -0.39 is 0 Å². The molecular weight excluding hydrogens is 276 g/mol. The average molecular weight is 298 g/mol. The van der Waals surface area contributed by atoms with Crippen LogP contribution in [-0.2, 0) is 4.74 Å². The van der Waals surface area contributed by atoms with Crippen molar-refractivity contribution in [2.75, 3.05) is 31.6 Å². The number of rotatable bonds is 4. The van der Waals surface area contributed by atoms with Crippen LogP contribution < -0.4 is 5.32 Å². The quantitative estimate of drug-likeness (QED) is 0.938. The number of hydrogen-bond donors (Lipinski definition) is 1. The maximum Gasteiger partial charge on any atom is 0.137 e. The first kappa shape index (κ1) is 13.9. The topological polar surface area (TPSA) is 50.3 Å². The Balaban J connectivity index is 1.46. The fraction of sp³-hybridized carbons (Fsp3) is 0.529. The van der Waals surface area contributed by atoms with E-state index in [9.17, 15) is 0 Å². The minimum Gasteiger partial charge on any atom is -0.374 e. The highest BCUT2D eigenvalue weighted by Gasteiger charge is 2.32. The molecule has 1 saturated heterocycles. The van der Waals surface area contributed by atoms with E-state index >= 15 is 0 Å². The van der Waals surface area contributed by atoms with Gasteiger partial charge in [0, 0.05) is 31.1 Å². The smallest absolute Gasteiger partial charge is 0.137 e. The van der Waals surface area contributed by atoms with E-state index in [0.29, 0.717) is 0 Å². The molecule has 0 bridgehead atoms. The molecule has 1 unspecified atom stereocenters. The van der Waals surface area contributed by atoms with Crippen molar-refractivity contribution in [3.8, 4) is 0 Å². The van der Waals surface area contributed by atoms with Gasteiger partial charge in [0.25, 0.3) is 0 Å². The van der Waals surface area contributed by atoms with E-state index in [1.165, 1.54) is 18.4 Å². The van der Waals surface area contributed by atoms with E-state index in [-0.39, 0.29) is 6.10 Å². The predicted octanol–water partition coefficient (Wildman–Crippen LogP) is 2.21. The molecule has 0 amide bonds. The van der Waals surface area contributed by atoms with Gasteiger partial charge in [-0.05, 0) is 31.9 Å². The first-order valence-electron chi connectivity index (χ1n) is 8.10. The van der Waals surface area contributed by atoms with E-state index in [1.807, 2.05) is 6.07 Å². The van der Waals surface area contributed by atoms with Gasteiger partial charge in [-0.25, -0.2) is 9.97 Å². The molecule has 1 atom stereocenters. The fourth-order valence-corrected chi connectivity index (χ4v) is 3.16. The van der Waals surface area contributed by atoms with Crippen molar-refractivity contribution in [2.45, 2.75) is 31.9 Å². The Morgan fingerprint density at radius 3 is 3.09 bits per heavy atom. The number of aryl methyl sites for hydroxylation is 1. The van der Waals surface area contributed by atoms with Gasteiger partial charge >= 0.3 is 0 Å². The molecule has 1 saturated carbocycles. The van der Waals surface area contributed by atoms with Crippen LogP contribution >= 0.6 is 0 Å². The van der Waals surface area contributed by atoms with Gasteiger partial charge in [0.2, 0.25) is 0 Å². The van der Waals surface area contributed by atoms with Crippen LogP contribution in [0.25, 0.3) is 10.9 Å². The molecule has 1 N–H and O–H groups in total. The van der Waals surface area contributed by atoms with Gasteiger partial charge in [0.05, 0.1) is 18.2 Å². The summed E-state index contributed by atoms with van der Waals surface area (Å²) < 4.78 is 5.90. The molecule has 1 aliphatic carbocycles. The lowest BCUT2D eigenvalue weighted by Crippen LogP contribution is -2.46. The third-order valence-electron chi connectivity index (χ3n) is 4.52. The van der Waals surface area contributed by atoms with E-state index in [2.05, 4.69) is 39.2 Å². The second-order valence-corrected chi connectivity index (χ2v) is 6.34. The third-order valence-corrected chi connectivity index (χ3v) is 4.52. The van der Waals surface area contributed by atoms with Crippen LogP contribution in [0.15, 0.2) is 24.5 Å². The summed E-state index contributed by atoms with van der Waals surface area (Å²) in [5.74, 6) is 0.904. The Morgan fingerprint density at radius 1 is 1.32 bits per heavy atom. The molecule has 1 aromatic heterocycles. The number of morpholine rings is 1. The van der Waals surface area contributed by atoms with Crippen LogP contribution in [0.5, 0.6) is 0 Å². The van der Waals surface area contributed by atoms with Crippen molar-refractivity contribution in [1.29, 1.82) is 0 Å². The zero-order chi connectivity index (χ0) is 14.9. The summed E-state index contributed by atoms with van der Waals surface area (Å²) in [4.78, 5) is 11.3. The van der Waals surface area contributed by atoms with Crippen molar-refractivity contribution < 1.29 is 4.74 Å². The largest absolute Gasteiger partial charge is 0.374 e. The number of nitrogens with one attached hydrogen (secondary N) is 1. The number of anilines is 1. The highest BCUT2D eigenvalue weighted by atomic mass is 16.5. The second kappa shape index (κ2) is 5.82. The standard InChI is InChI=1S/C17H22N4O/c1-12-2-5-16-15(8-12)17(20-11-19-16)18-9-14-10-21(6-7-22-14)13-3-4-13/h2,5,8,11,13-14H,3-4,6-7,9-10H2,1H3,(H,18,19,20). The van der Waals surface area contributed by atoms with Crippen LogP contribution in [0.4, 0.5) is 5.82 Å². The summed E-state index contributed by atoms with van der Waals surface area (Å²) in [6, 6.07) is 7.07. The molecule has 22 heavy (non-hydrogen) atoms. The Morgan fingerprint density at radius 2 is 2.23 bits per heavy atom. The van der Waals surface area contributed by atoms with Crippen LogP contribution in [0.3, 0.4) is 0 Å². The summed E-state index contributed by atoms with van der Waals surface area (Å²) in [5.41, 5.74) is 2.20. The Labute approximate surface area is 130 Å². The van der Waals surface area contributed by atoms with Crippen molar-refractivity contribution in [1.82, 2.24) is 14.9 Å². The number of nitrogens with zero attached hydrogens (tertiary/aromatic N) is 3. The Bertz CT molecular complexity index is 671. The lowest BCUT2D eigenvalue weighted by atomic mass is 10.1. The normalized spacial score (nSPS) is 22.9. The highest BCUT2D eigenvalue weighted by molar-refractivity contribution is 5.89. The highest BCUT2D eigenvalue weighted by Crippen LogP contribution is 2.28. The molecule has 0 radical (unpaired) electrons. The first-order chi connectivity index (χ1) is 10.8. The zero-order valence-electron chi connectivity index (χ0n) is 13.0. The van der Waals surface area contributed by atoms with Gasteiger partial charge < -0.3 is 10.1 Å². The number of benzene rings is 1. The monoisotopic (exact) mass is 298 g/mol. The lowest BCUT2D eigenvalue weighted by Gasteiger charge is -2.33. The van der Waals surface area contributed by atoms with Crippen molar-refractivity contribution in [3.05, 3.63) is 30.1 Å². The molecule has 5 nitrogen and oxygen atoms in total. The fourth-order valence-electron chi connectivity index (χ4n) is 3.16. The first-order valence-corrected chi connectivity index (χ1v) is 8.10. The number of hydrogen-bond acceptors (Lipinski definition) is 5. The van der Waals surface area contributed by atoms with E-state index in [4.69, 9.17) is 4.74 Å². The number of aromatic nitrogens is 2. The summed E-state index contributed by atoms with van der Waals surface area (Å²) in [5, 5.41) is 4.54. The Hall–Kier alpha value is -1.72. The van der Waals surface area contributed by atoms with Crippen molar-refractivity contribution in [2.24, 2.45) is 0 Å². The molecule has 2 aromatic rings. The SMILES string of the molecule is Cc1ccc2ncnc(NCC3CN(C4CC4)CCO3)c2c1. The summed E-state index contributed by atoms with van der Waals surface area (Å²) in [7, 11) is 0. The molecule has 2 fully saturated rings. The molecule has 5 heteroatoms. The van der Waals surface area contributed by atoms with Crippen LogP contribution in [0, 0.1) is 6.92 Å². The molecule has 0 spiro atoms. The molecule has 1 aromatic carbocycles. The van der Waals surface area contributed by atoms with Crippen LogP contribution in [-0.4, -0.2) is 53.3 Å². The van der Waals surface area contributed by atoms with E-state index in [1.54, 1.807) is 6.33 Å². The van der Waals surface area contributed by atoms with Crippen LogP contribution in [0.1, 0.15) is 18.4 Å². The van der Waals surface area contributed by atoms with Crippen LogP contribution in [0.2, 0.25) is 0 Å². The molecular formula is C17H22N4O. The number of ether oxygens (including phenoxy) is 1. The molecule has 2 heterocycles. The van der Waals surface area contributed by atoms with Gasteiger partial charge in [0.15, 0.2) is 0 Å². The van der Waals surface area contributed by atoms with Gasteiger partial charge in [-0.2, -0.15) is 0 Å². The van der Waals surface area contributed by atoms with Gasteiger partial charge in [-0.1, -0.05) is 11.6 Å². The number of fused-ring (bicyclic) bond motifs is 1. The maximum absolute atomic E-state index is 5.90. The summed E-state index contributed by atoms with van der Waals surface area (Å²) in [6.07, 6.45) is 4.58. The van der Waals surface area contributed by atoms with Crippen molar-refractivity contribution >= 4 is 16.7 Å². The zero-order valence-corrected chi connectivity index (χ0v) is 13.0. The van der Waals surface area contributed by atoms with Gasteiger partial charge in [-0.3, -0.25) is 4.90 Å². The molecule has 2 aliphatic rings. The van der Waals surface area contributed by atoms with Crippen molar-refractivity contribution in [3.63, 3.8) is 0 Å². The predicted molar refractivity (Wildman–Crippen MR) is 87.1 cm³/mol. The third kappa shape index (κ3) is 2.91. The molecule has 116 valence electrons. The minimum absolute atomic E-state index is 0.240.